The normalized spacial score (nSPS) is 12.3. The topological polar surface area (TPSA) is 16.3 Å². The first-order chi connectivity index (χ1) is 42.7. The first-order valence-corrected chi connectivity index (χ1v) is 29.9. The molecule has 1 aliphatic rings. The van der Waals surface area contributed by atoms with Gasteiger partial charge in [-0.15, -0.1) is 0 Å². The van der Waals surface area contributed by atoms with Crippen LogP contribution in [0, 0.1) is 0 Å². The van der Waals surface area contributed by atoms with E-state index in [2.05, 4.69) is 334 Å². The Bertz CT molecular complexity index is 5360. The van der Waals surface area contributed by atoms with Crippen LogP contribution in [-0.4, -0.2) is 9.13 Å². The molecule has 2 heterocycles. The molecule has 2 aromatic heterocycles. The highest BCUT2D eigenvalue weighted by Crippen LogP contribution is 2.47. The molecule has 86 heavy (non-hydrogen) atoms. The van der Waals surface area contributed by atoms with Gasteiger partial charge in [-0.25, -0.2) is 0 Å². The van der Waals surface area contributed by atoms with E-state index >= 15 is 0 Å². The summed E-state index contributed by atoms with van der Waals surface area (Å²) in [7, 11) is 0. The Kier molecular flexibility index (Phi) is 11.7. The van der Waals surface area contributed by atoms with Gasteiger partial charge in [-0.3, -0.25) is 0 Å². The lowest BCUT2D eigenvalue weighted by Crippen LogP contribution is -2.13. The van der Waals surface area contributed by atoms with Crippen LogP contribution in [0.5, 0.6) is 0 Å². The number of hydrogen-bond acceptors (Lipinski definition) is 2. The summed E-state index contributed by atoms with van der Waals surface area (Å²) in [5.74, 6) is 0. The number of para-hydroxylation sites is 2. The van der Waals surface area contributed by atoms with Crippen molar-refractivity contribution in [3.63, 3.8) is 0 Å². The number of nitrogens with zero attached hydrogens (tertiary/aromatic N) is 4. The van der Waals surface area contributed by atoms with Crippen LogP contribution in [0.1, 0.15) is 17.5 Å². The van der Waals surface area contributed by atoms with Crippen molar-refractivity contribution in [1.29, 1.82) is 0 Å². The highest BCUT2D eigenvalue weighted by atomic mass is 15.2. The molecule has 404 valence electrons. The highest BCUT2D eigenvalue weighted by molar-refractivity contribution is 6.15. The van der Waals surface area contributed by atoms with Crippen molar-refractivity contribution in [2.24, 2.45) is 0 Å². The van der Waals surface area contributed by atoms with Crippen LogP contribution in [0.4, 0.5) is 34.1 Å². The maximum atomic E-state index is 2.48. The lowest BCUT2D eigenvalue weighted by molar-refractivity contribution is 0.986. The van der Waals surface area contributed by atoms with Gasteiger partial charge in [0.1, 0.15) is 0 Å². The molecular weight excluding hydrogens is 1040 g/mol. The molecule has 0 N–H and O–H groups in total. The van der Waals surface area contributed by atoms with Crippen molar-refractivity contribution in [1.82, 2.24) is 9.13 Å². The Hall–Kier alpha value is -11.2. The van der Waals surface area contributed by atoms with E-state index in [9.17, 15) is 0 Å². The number of rotatable bonds is 10. The molecule has 0 atom stereocenters. The summed E-state index contributed by atoms with van der Waals surface area (Å²) in [5.41, 5.74) is 21.0. The third-order valence-electron chi connectivity index (χ3n) is 17.9. The Morgan fingerprint density at radius 2 is 0.663 bits per heavy atom. The van der Waals surface area contributed by atoms with Crippen LogP contribution in [0.3, 0.4) is 0 Å². The first kappa shape index (κ1) is 49.4. The maximum absolute atomic E-state index is 2.48. The van der Waals surface area contributed by atoms with Crippen molar-refractivity contribution in [2.45, 2.75) is 12.8 Å². The van der Waals surface area contributed by atoms with Gasteiger partial charge in [0.2, 0.25) is 0 Å². The lowest BCUT2D eigenvalue weighted by atomic mass is 9.89. The lowest BCUT2D eigenvalue weighted by Gasteiger charge is -2.29. The minimum Gasteiger partial charge on any atom is -0.310 e. The van der Waals surface area contributed by atoms with Gasteiger partial charge in [-0.1, -0.05) is 200 Å². The Morgan fingerprint density at radius 3 is 1.22 bits per heavy atom. The highest BCUT2D eigenvalue weighted by Gasteiger charge is 2.24. The van der Waals surface area contributed by atoms with E-state index in [4.69, 9.17) is 0 Å². The molecule has 14 aromatic carbocycles. The van der Waals surface area contributed by atoms with E-state index in [1.165, 1.54) is 98.4 Å². The van der Waals surface area contributed by atoms with Crippen LogP contribution in [0.2, 0.25) is 0 Å². The average molecular weight is 1100 g/mol. The summed E-state index contributed by atoms with van der Waals surface area (Å²) in [6.45, 7) is 0. The van der Waals surface area contributed by atoms with Crippen molar-refractivity contribution in [2.75, 3.05) is 9.80 Å². The van der Waals surface area contributed by atoms with Gasteiger partial charge < -0.3 is 18.9 Å². The number of allylic oxidation sites excluding steroid dienone is 1. The Labute approximate surface area is 499 Å². The molecule has 0 amide bonds. The molecule has 0 bridgehead atoms. The third kappa shape index (κ3) is 8.13. The fourth-order valence-corrected chi connectivity index (χ4v) is 14.0. The van der Waals surface area contributed by atoms with E-state index in [1.807, 2.05) is 0 Å². The maximum Gasteiger partial charge on any atom is 0.0542 e. The van der Waals surface area contributed by atoms with Gasteiger partial charge in [0.15, 0.2) is 0 Å². The van der Waals surface area contributed by atoms with Gasteiger partial charge >= 0.3 is 0 Å². The van der Waals surface area contributed by atoms with Crippen molar-refractivity contribution < 1.29 is 0 Å². The number of hydrogen-bond donors (Lipinski definition) is 0. The molecule has 4 heteroatoms. The minimum atomic E-state index is 1.04. The standard InChI is InChI=1S/C82H56N4/c1-3-28-61(29-4-1)83(65-44-48-81-75(53-65)73-50-59(69-38-15-24-55-20-7-11-34-67(55)69)42-46-79(73)85(81)77-40-17-26-57-22-9-13-36-71(57)77)63-32-19-33-64(52-63)84(62-30-5-2-6-31-62)66-45-49-82-76(54-66)74-51-60(70-39-16-25-56-21-8-12-35-68(56)70)43-47-80(74)86(82)78-41-18-27-58-23-10-14-37-72(58)78/h1-7,9-20,22-54H,8,21H2. The Balaban J connectivity index is 0.855. The van der Waals surface area contributed by atoms with Crippen molar-refractivity contribution in [3.05, 3.63) is 321 Å². The summed E-state index contributed by atoms with van der Waals surface area (Å²) in [6.07, 6.45) is 6.79. The smallest absolute Gasteiger partial charge is 0.0542 e. The van der Waals surface area contributed by atoms with E-state index in [1.54, 1.807) is 0 Å². The summed E-state index contributed by atoms with van der Waals surface area (Å²) in [6, 6.07) is 112. The van der Waals surface area contributed by atoms with Crippen LogP contribution in [0.25, 0.3) is 116 Å². The second-order valence-electron chi connectivity index (χ2n) is 22.7. The van der Waals surface area contributed by atoms with E-state index in [0.717, 1.165) is 69.2 Å². The SMILES string of the molecule is C1=Cc2c(cccc2-c2ccc3c(c2)c2cc(N(c4ccccc4)c4cccc(N(c5ccccc5)c5ccc6c(c5)c5cc(-c7cccc8ccccc78)ccc5n6-c5cccc6ccccc56)c4)ccc2n3-c2cccc3ccccc23)CC1. The van der Waals surface area contributed by atoms with Crippen LogP contribution in [0.15, 0.2) is 309 Å². The monoisotopic (exact) mass is 1100 g/mol. The van der Waals surface area contributed by atoms with Crippen LogP contribution >= 0.6 is 0 Å². The van der Waals surface area contributed by atoms with E-state index < -0.39 is 0 Å². The number of aromatic nitrogens is 2. The summed E-state index contributed by atoms with van der Waals surface area (Å²) >= 11 is 0. The molecular formula is C82H56N4. The molecule has 0 spiro atoms. The largest absolute Gasteiger partial charge is 0.310 e. The second-order valence-corrected chi connectivity index (χ2v) is 22.7. The fraction of sp³-hybridized carbons (Fsp3) is 0.0244. The van der Waals surface area contributed by atoms with Crippen LogP contribution < -0.4 is 9.80 Å². The summed E-state index contributed by atoms with van der Waals surface area (Å²) in [4.78, 5) is 4.84. The molecule has 1 aliphatic carbocycles. The quantitative estimate of drug-likeness (QED) is 0.136. The molecule has 16 aromatic rings. The van der Waals surface area contributed by atoms with Gasteiger partial charge in [0.25, 0.3) is 0 Å². The molecule has 0 saturated heterocycles. The van der Waals surface area contributed by atoms with E-state index in [0.29, 0.717) is 0 Å². The van der Waals surface area contributed by atoms with Gasteiger partial charge in [-0.2, -0.15) is 0 Å². The minimum absolute atomic E-state index is 1.04. The second kappa shape index (κ2) is 20.3. The number of fused-ring (bicyclic) bond motifs is 10. The van der Waals surface area contributed by atoms with Crippen molar-refractivity contribution in [3.8, 4) is 33.6 Å². The zero-order valence-corrected chi connectivity index (χ0v) is 47.2. The van der Waals surface area contributed by atoms with Gasteiger partial charge in [-0.05, 0) is 183 Å². The number of aryl methyl sites for hydroxylation is 1. The molecule has 0 unspecified atom stereocenters. The van der Waals surface area contributed by atoms with Gasteiger partial charge in [0.05, 0.1) is 33.4 Å². The summed E-state index contributed by atoms with van der Waals surface area (Å²) < 4.78 is 4.95. The Morgan fingerprint density at radius 1 is 0.267 bits per heavy atom. The zero-order chi connectivity index (χ0) is 56.7. The molecule has 17 rings (SSSR count). The van der Waals surface area contributed by atoms with Crippen LogP contribution in [-0.2, 0) is 6.42 Å². The average Bonchev–Trinajstić information content (AvgIpc) is 1.75. The fourth-order valence-electron chi connectivity index (χ4n) is 14.0. The predicted octanol–water partition coefficient (Wildman–Crippen LogP) is 22.6. The molecule has 0 radical (unpaired) electrons. The number of benzene rings is 14. The molecule has 0 saturated carbocycles. The van der Waals surface area contributed by atoms with Crippen molar-refractivity contribution >= 4 is 116 Å². The number of anilines is 6. The molecule has 4 nitrogen and oxygen atoms in total. The predicted molar refractivity (Wildman–Crippen MR) is 365 cm³/mol. The molecule has 0 aliphatic heterocycles. The van der Waals surface area contributed by atoms with E-state index in [-0.39, 0.29) is 0 Å². The third-order valence-corrected chi connectivity index (χ3v) is 17.9. The zero-order valence-electron chi connectivity index (χ0n) is 47.2. The summed E-state index contributed by atoms with van der Waals surface area (Å²) in [5, 5.41) is 12.1. The first-order valence-electron chi connectivity index (χ1n) is 29.9. The van der Waals surface area contributed by atoms with Gasteiger partial charge in [0, 0.05) is 66.4 Å². The molecule has 0 fully saturated rings.